The fourth-order valence-corrected chi connectivity index (χ4v) is 6.33. The van der Waals surface area contributed by atoms with Gasteiger partial charge in [0, 0.05) is 17.0 Å². The lowest BCUT2D eigenvalue weighted by molar-refractivity contribution is -0.0641. The third-order valence-corrected chi connectivity index (χ3v) is 8.64. The molecule has 0 radical (unpaired) electrons. The van der Waals surface area contributed by atoms with E-state index >= 15 is 0 Å². The summed E-state index contributed by atoms with van der Waals surface area (Å²) < 4.78 is 57.4. The molecule has 0 saturated heterocycles. The Kier molecular flexibility index (Phi) is 7.01. The van der Waals surface area contributed by atoms with Crippen molar-refractivity contribution in [2.45, 2.75) is 69.4 Å². The summed E-state index contributed by atoms with van der Waals surface area (Å²) in [6.07, 6.45) is 3.34. The van der Waals surface area contributed by atoms with Gasteiger partial charge in [0.15, 0.2) is 5.82 Å². The maximum absolute atomic E-state index is 14.5. The van der Waals surface area contributed by atoms with Crippen LogP contribution in [0.25, 0.3) is 21.5 Å². The van der Waals surface area contributed by atoms with Gasteiger partial charge in [-0.3, -0.25) is 0 Å². The van der Waals surface area contributed by atoms with Crippen LogP contribution in [0.1, 0.15) is 71.1 Å². The third kappa shape index (κ3) is 5.18. The van der Waals surface area contributed by atoms with Crippen LogP contribution in [0.15, 0.2) is 40.9 Å². The van der Waals surface area contributed by atoms with Crippen LogP contribution < -0.4 is 4.74 Å². The Bertz CT molecular complexity index is 1560. The number of aromatic nitrogens is 2. The number of ether oxygens (including phenoxy) is 2. The zero-order chi connectivity index (χ0) is 28.0. The van der Waals surface area contributed by atoms with Crippen LogP contribution in [0.4, 0.5) is 13.2 Å². The summed E-state index contributed by atoms with van der Waals surface area (Å²) in [7, 11) is 0. The number of fused-ring (bicyclic) bond motifs is 1. The topological polar surface area (TPSA) is 115 Å². The normalized spacial score (nSPS) is 21.3. The van der Waals surface area contributed by atoms with Crippen LogP contribution in [0.3, 0.4) is 0 Å². The number of aromatic carboxylic acids is 1. The number of hydrogen-bond acceptors (Lipinski definition) is 8. The number of carboxylic acids is 1. The molecule has 2 aromatic heterocycles. The average molecular weight is 575 g/mol. The SMILES string of the molecule is O=C(O)c1cc(F)c2nc([C@]3(O)CC[C@@H](OCc4c(-c5ccccc5OC(F)F)noc4C4CC4)CC3)sc2c1. The highest BCUT2D eigenvalue weighted by Crippen LogP contribution is 2.46. The standard InChI is InChI=1S/C28H25F3N2O6S/c29-19-11-15(25(34)35)12-21-23(19)32-26(40-21)28(36)9-7-16(8-10-28)37-13-18-22(33-39-24(18)14-5-6-14)17-3-1-2-4-20(17)38-27(30)31/h1-4,11-12,14,16,27,36H,5-10,13H2,(H,34,35)/t16-,28+. The summed E-state index contributed by atoms with van der Waals surface area (Å²) in [6, 6.07) is 8.70. The number of para-hydroxylation sites is 1. The molecule has 8 nitrogen and oxygen atoms in total. The molecule has 0 amide bonds. The van der Waals surface area contributed by atoms with Crippen LogP contribution >= 0.6 is 11.3 Å². The molecular weight excluding hydrogens is 549 g/mol. The van der Waals surface area contributed by atoms with Gasteiger partial charge in [0.2, 0.25) is 0 Å². The highest BCUT2D eigenvalue weighted by molar-refractivity contribution is 7.18. The third-order valence-electron chi connectivity index (χ3n) is 7.44. The lowest BCUT2D eigenvalue weighted by Crippen LogP contribution is -2.34. The Hall–Kier alpha value is -3.48. The second-order valence-electron chi connectivity index (χ2n) is 10.2. The summed E-state index contributed by atoms with van der Waals surface area (Å²) in [5.41, 5.74) is 0.0789. The van der Waals surface area contributed by atoms with Crippen molar-refractivity contribution in [3.63, 3.8) is 0 Å². The summed E-state index contributed by atoms with van der Waals surface area (Å²) in [4.78, 5) is 15.6. The van der Waals surface area contributed by atoms with E-state index in [1.54, 1.807) is 18.2 Å². The van der Waals surface area contributed by atoms with Crippen molar-refractivity contribution in [2.75, 3.05) is 0 Å². The number of halogens is 3. The number of nitrogens with zero attached hydrogens (tertiary/aromatic N) is 2. The Morgan fingerprint density at radius 3 is 2.62 bits per heavy atom. The van der Waals surface area contributed by atoms with Crippen molar-refractivity contribution >= 4 is 27.5 Å². The number of carbonyl (C=O) groups is 1. The molecule has 0 atom stereocenters. The molecule has 12 heteroatoms. The van der Waals surface area contributed by atoms with Gasteiger partial charge in [0.25, 0.3) is 0 Å². The predicted octanol–water partition coefficient (Wildman–Crippen LogP) is 6.61. The summed E-state index contributed by atoms with van der Waals surface area (Å²) in [6.45, 7) is -2.83. The maximum Gasteiger partial charge on any atom is 0.387 e. The number of benzene rings is 2. The van der Waals surface area contributed by atoms with Gasteiger partial charge in [-0.05, 0) is 62.8 Å². The quantitative estimate of drug-likeness (QED) is 0.229. The number of aliphatic hydroxyl groups is 1. The van der Waals surface area contributed by atoms with Crippen LogP contribution in [0.2, 0.25) is 0 Å². The molecule has 6 rings (SSSR count). The zero-order valence-corrected chi connectivity index (χ0v) is 21.9. The minimum Gasteiger partial charge on any atom is -0.478 e. The average Bonchev–Trinajstić information content (AvgIpc) is 3.52. The van der Waals surface area contributed by atoms with E-state index in [4.69, 9.17) is 14.0 Å². The van der Waals surface area contributed by atoms with E-state index in [1.807, 2.05) is 0 Å². The van der Waals surface area contributed by atoms with Gasteiger partial charge in [-0.25, -0.2) is 14.2 Å². The zero-order valence-electron chi connectivity index (χ0n) is 21.1. The Balaban J connectivity index is 1.17. The molecule has 0 bridgehead atoms. The second-order valence-corrected chi connectivity index (χ2v) is 11.2. The number of alkyl halides is 2. The lowest BCUT2D eigenvalue weighted by Gasteiger charge is -2.34. The number of hydrogen-bond donors (Lipinski definition) is 2. The molecule has 2 aromatic carbocycles. The molecule has 0 unspecified atom stereocenters. The van der Waals surface area contributed by atoms with Crippen molar-refractivity contribution in [1.82, 2.24) is 10.1 Å². The van der Waals surface area contributed by atoms with E-state index in [0.29, 0.717) is 58.0 Å². The molecule has 210 valence electrons. The Morgan fingerprint density at radius 1 is 1.18 bits per heavy atom. The van der Waals surface area contributed by atoms with Crippen molar-refractivity contribution in [3.05, 3.63) is 64.1 Å². The van der Waals surface area contributed by atoms with Gasteiger partial charge < -0.3 is 24.2 Å². The van der Waals surface area contributed by atoms with Crippen LogP contribution in [0.5, 0.6) is 5.75 Å². The molecule has 2 N–H and O–H groups in total. The van der Waals surface area contributed by atoms with Gasteiger partial charge in [-0.2, -0.15) is 8.78 Å². The molecule has 2 aliphatic carbocycles. The van der Waals surface area contributed by atoms with Crippen LogP contribution in [0, 0.1) is 5.82 Å². The summed E-state index contributed by atoms with van der Waals surface area (Å²) >= 11 is 1.09. The molecule has 4 aromatic rings. The number of carboxylic acid groups (broad SMARTS) is 1. The van der Waals surface area contributed by atoms with Crippen LogP contribution in [-0.4, -0.2) is 39.0 Å². The van der Waals surface area contributed by atoms with Gasteiger partial charge in [0.1, 0.15) is 33.3 Å². The fraction of sp³-hybridized carbons (Fsp3) is 0.393. The minimum atomic E-state index is -2.98. The highest BCUT2D eigenvalue weighted by atomic mass is 32.1. The van der Waals surface area contributed by atoms with E-state index in [-0.39, 0.29) is 35.5 Å². The molecule has 2 saturated carbocycles. The van der Waals surface area contributed by atoms with Gasteiger partial charge in [-0.1, -0.05) is 17.3 Å². The largest absolute Gasteiger partial charge is 0.478 e. The first-order chi connectivity index (χ1) is 19.2. The van der Waals surface area contributed by atoms with Gasteiger partial charge >= 0.3 is 12.6 Å². The van der Waals surface area contributed by atoms with Crippen molar-refractivity contribution in [3.8, 4) is 17.0 Å². The molecule has 2 fully saturated rings. The smallest absolute Gasteiger partial charge is 0.387 e. The van der Waals surface area contributed by atoms with E-state index in [2.05, 4.69) is 10.1 Å². The van der Waals surface area contributed by atoms with Crippen LogP contribution in [-0.2, 0) is 16.9 Å². The Morgan fingerprint density at radius 2 is 1.93 bits per heavy atom. The molecule has 2 heterocycles. The lowest BCUT2D eigenvalue weighted by atomic mass is 9.83. The first kappa shape index (κ1) is 26.7. The number of rotatable bonds is 9. The summed E-state index contributed by atoms with van der Waals surface area (Å²) in [5.74, 6) is -1.08. The van der Waals surface area contributed by atoms with E-state index in [1.165, 1.54) is 12.1 Å². The van der Waals surface area contributed by atoms with Crippen molar-refractivity contribution in [1.29, 1.82) is 0 Å². The summed E-state index contributed by atoms with van der Waals surface area (Å²) in [5, 5.41) is 25.1. The van der Waals surface area contributed by atoms with E-state index in [0.717, 1.165) is 30.2 Å². The predicted molar refractivity (Wildman–Crippen MR) is 138 cm³/mol. The molecule has 40 heavy (non-hydrogen) atoms. The molecule has 2 aliphatic rings. The maximum atomic E-state index is 14.5. The monoisotopic (exact) mass is 574 g/mol. The van der Waals surface area contributed by atoms with Gasteiger partial charge in [0.05, 0.1) is 23.0 Å². The molecular formula is C28H25F3N2O6S. The van der Waals surface area contributed by atoms with Gasteiger partial charge in [-0.15, -0.1) is 11.3 Å². The molecule has 0 spiro atoms. The molecule has 0 aliphatic heterocycles. The Labute approximate surface area is 230 Å². The van der Waals surface area contributed by atoms with E-state index in [9.17, 15) is 28.2 Å². The first-order valence-electron chi connectivity index (χ1n) is 12.9. The second kappa shape index (κ2) is 10.5. The number of thiazole rings is 1. The van der Waals surface area contributed by atoms with Crippen molar-refractivity contribution < 1.29 is 42.2 Å². The highest BCUT2D eigenvalue weighted by Gasteiger charge is 2.39. The minimum absolute atomic E-state index is 0.000116. The first-order valence-corrected chi connectivity index (χ1v) is 13.7. The van der Waals surface area contributed by atoms with E-state index < -0.39 is 24.0 Å². The van der Waals surface area contributed by atoms with Crippen molar-refractivity contribution in [2.24, 2.45) is 0 Å². The fourth-order valence-electron chi connectivity index (χ4n) is 5.16.